The molecule has 0 aliphatic carbocycles. The maximum atomic E-state index is 6.53. The van der Waals surface area contributed by atoms with Crippen LogP contribution in [-0.4, -0.2) is 27.6 Å². The number of rotatable bonds is 7. The molecule has 1 radical (unpaired) electrons. The quantitative estimate of drug-likeness (QED) is 0.118. The van der Waals surface area contributed by atoms with Crippen LogP contribution in [0.3, 0.4) is 0 Å². The van der Waals surface area contributed by atoms with Gasteiger partial charge in [0, 0.05) is 43.6 Å². The molecule has 0 amide bonds. The maximum absolute atomic E-state index is 6.53. The number of furan rings is 1. The van der Waals surface area contributed by atoms with E-state index in [0.717, 1.165) is 50.1 Å². The average Bonchev–Trinajstić information content (AvgIpc) is 3.81. The number of para-hydroxylation sites is 1. The van der Waals surface area contributed by atoms with Crippen molar-refractivity contribution >= 4 is 46.4 Å². The monoisotopic (exact) mass is 1010 g/mol. The molecule has 5 nitrogen and oxygen atoms in total. The molecule has 317 valence electrons. The zero-order valence-corrected chi connectivity index (χ0v) is 41.2. The third-order valence-electron chi connectivity index (χ3n) is 11.6. The Hall–Kier alpha value is -5.46. The number of fused-ring (bicyclic) bond motifs is 4. The van der Waals surface area contributed by atoms with E-state index in [1.165, 1.54) is 44.3 Å². The normalized spacial score (nSPS) is 12.0. The molecule has 0 unspecified atom stereocenters. The van der Waals surface area contributed by atoms with E-state index in [0.29, 0.717) is 5.65 Å². The Bertz CT molecular complexity index is 2980. The first kappa shape index (κ1) is 44.6. The SMILES string of the molecule is CC(C)c1cc(-c2ccccc2)cc(C(C)C)c1-n1c(-c2[c-]ccc3c2oc2ccccc23)nc2ncc(C(C)(C)C)cc21.Cc1cc(-c2[c-]cccc2)ncc1[Si](C)(C)C.[Ir]. The van der Waals surface area contributed by atoms with Gasteiger partial charge in [-0.05, 0) is 87.1 Å². The summed E-state index contributed by atoms with van der Waals surface area (Å²) in [5.74, 6) is 1.32. The molecule has 0 aliphatic rings. The number of imidazole rings is 1. The van der Waals surface area contributed by atoms with Gasteiger partial charge in [0.15, 0.2) is 5.65 Å². The average molecular weight is 1010 g/mol. The minimum absolute atomic E-state index is 0. The van der Waals surface area contributed by atoms with Crippen molar-refractivity contribution in [3.05, 3.63) is 162 Å². The van der Waals surface area contributed by atoms with Crippen molar-refractivity contribution < 1.29 is 24.5 Å². The Morgan fingerprint density at radius 1 is 0.694 bits per heavy atom. The predicted molar refractivity (Wildman–Crippen MR) is 259 cm³/mol. The van der Waals surface area contributed by atoms with Crippen molar-refractivity contribution in [1.29, 1.82) is 0 Å². The van der Waals surface area contributed by atoms with Crippen molar-refractivity contribution in [3.63, 3.8) is 0 Å². The summed E-state index contributed by atoms with van der Waals surface area (Å²) in [6, 6.07) is 46.9. The van der Waals surface area contributed by atoms with Crippen molar-refractivity contribution in [3.8, 4) is 39.5 Å². The molecule has 0 N–H and O–H groups in total. The van der Waals surface area contributed by atoms with Gasteiger partial charge in [-0.3, -0.25) is 4.98 Å². The molecule has 0 saturated carbocycles. The molecule has 5 aromatic carbocycles. The van der Waals surface area contributed by atoms with Crippen LogP contribution in [0.25, 0.3) is 72.6 Å². The van der Waals surface area contributed by atoms with Gasteiger partial charge in [0.1, 0.15) is 5.58 Å². The van der Waals surface area contributed by atoms with E-state index < -0.39 is 8.07 Å². The summed E-state index contributed by atoms with van der Waals surface area (Å²) in [5, 5.41) is 3.59. The summed E-state index contributed by atoms with van der Waals surface area (Å²) >= 11 is 0. The summed E-state index contributed by atoms with van der Waals surface area (Å²) in [6.45, 7) is 25.0. The third kappa shape index (κ3) is 8.77. The van der Waals surface area contributed by atoms with E-state index in [1.807, 2.05) is 42.6 Å². The van der Waals surface area contributed by atoms with Crippen LogP contribution < -0.4 is 5.19 Å². The van der Waals surface area contributed by atoms with Crippen molar-refractivity contribution in [2.75, 3.05) is 0 Å². The first-order chi connectivity index (χ1) is 29.1. The van der Waals surface area contributed by atoms with Crippen LogP contribution >= 0.6 is 0 Å². The second-order valence-electron chi connectivity index (χ2n) is 18.9. The minimum atomic E-state index is -1.27. The molecule has 7 heteroatoms. The minimum Gasteiger partial charge on any atom is -0.501 e. The molecule has 0 aliphatic heterocycles. The number of benzene rings is 5. The van der Waals surface area contributed by atoms with E-state index >= 15 is 0 Å². The van der Waals surface area contributed by atoms with Gasteiger partial charge in [-0.2, -0.15) is 0 Å². The van der Waals surface area contributed by atoms with Gasteiger partial charge in [0.25, 0.3) is 0 Å². The first-order valence-electron chi connectivity index (χ1n) is 21.5. The van der Waals surface area contributed by atoms with Gasteiger partial charge in [-0.1, -0.05) is 139 Å². The van der Waals surface area contributed by atoms with E-state index in [9.17, 15) is 0 Å². The van der Waals surface area contributed by atoms with Crippen LogP contribution in [0.1, 0.15) is 82.6 Å². The molecule has 9 rings (SSSR count). The van der Waals surface area contributed by atoms with E-state index in [-0.39, 0.29) is 37.4 Å². The van der Waals surface area contributed by atoms with Gasteiger partial charge < -0.3 is 14.0 Å². The molecular formula is C55H56IrN4OSi-2. The first-order valence-corrected chi connectivity index (χ1v) is 25.0. The van der Waals surface area contributed by atoms with Gasteiger partial charge in [-0.15, -0.1) is 54.1 Å². The number of hydrogen-bond acceptors (Lipinski definition) is 4. The fraction of sp³-hybridized carbons (Fsp3) is 0.255. The summed E-state index contributed by atoms with van der Waals surface area (Å²) in [6.07, 6.45) is 4.03. The Labute approximate surface area is 382 Å². The molecule has 4 aromatic heterocycles. The van der Waals surface area contributed by atoms with Crippen LogP contribution in [-0.2, 0) is 25.5 Å². The van der Waals surface area contributed by atoms with Gasteiger partial charge in [-0.25, -0.2) is 4.98 Å². The van der Waals surface area contributed by atoms with Crippen molar-refractivity contribution in [1.82, 2.24) is 19.5 Å². The number of hydrogen-bond donors (Lipinski definition) is 0. The van der Waals surface area contributed by atoms with Crippen LogP contribution in [0.5, 0.6) is 0 Å². The zero-order chi connectivity index (χ0) is 43.2. The van der Waals surface area contributed by atoms with Crippen molar-refractivity contribution in [2.24, 2.45) is 0 Å². The molecule has 9 aromatic rings. The van der Waals surface area contributed by atoms with Crippen molar-refractivity contribution in [2.45, 2.75) is 92.3 Å². The molecule has 4 heterocycles. The van der Waals surface area contributed by atoms with Crippen LogP contribution in [0.15, 0.2) is 132 Å². The number of pyridine rings is 2. The second kappa shape index (κ2) is 17.7. The summed E-state index contributed by atoms with van der Waals surface area (Å²) in [4.78, 5) is 14.8. The van der Waals surface area contributed by atoms with Gasteiger partial charge in [0.2, 0.25) is 0 Å². The molecule has 0 saturated heterocycles. The summed E-state index contributed by atoms with van der Waals surface area (Å²) in [5.41, 5.74) is 14.9. The third-order valence-corrected chi connectivity index (χ3v) is 13.7. The van der Waals surface area contributed by atoms with E-state index in [2.05, 4.69) is 182 Å². The van der Waals surface area contributed by atoms with Crippen LogP contribution in [0.2, 0.25) is 19.6 Å². The molecule has 0 atom stereocenters. The summed E-state index contributed by atoms with van der Waals surface area (Å²) < 4.78 is 8.87. The largest absolute Gasteiger partial charge is 0.501 e. The van der Waals surface area contributed by atoms with E-state index in [1.54, 1.807) is 0 Å². The molecular weight excluding hydrogens is 953 g/mol. The molecule has 62 heavy (non-hydrogen) atoms. The van der Waals surface area contributed by atoms with Crippen LogP contribution in [0, 0.1) is 19.1 Å². The fourth-order valence-electron chi connectivity index (χ4n) is 8.28. The Balaban J connectivity index is 0.000000270. The van der Waals surface area contributed by atoms with Gasteiger partial charge in [0.05, 0.1) is 25.0 Å². The molecule has 0 fully saturated rings. The number of nitrogens with zero attached hydrogens (tertiary/aromatic N) is 4. The molecule has 0 bridgehead atoms. The van der Waals surface area contributed by atoms with Crippen LogP contribution in [0.4, 0.5) is 0 Å². The topological polar surface area (TPSA) is 56.7 Å². The smallest absolute Gasteiger partial charge is 0.168 e. The number of aryl methyl sites for hydroxylation is 1. The number of aromatic nitrogens is 4. The van der Waals surface area contributed by atoms with E-state index in [4.69, 9.17) is 14.4 Å². The fourth-order valence-corrected chi connectivity index (χ4v) is 9.99. The zero-order valence-electron chi connectivity index (χ0n) is 37.8. The standard InChI is InChI=1S/C40H38N3O.C15H18NSi.Ir/c1-24(2)32-20-27(26-14-9-8-10-15-26)21-33(25(3)4)36(32)43-34-22-28(40(5,6)7)23-41-38(34)42-39(43)31-18-13-17-30-29-16-11-12-19-35(29)44-37(30)31;1-12-10-14(13-8-6-5-7-9-13)16-11-15(12)17(2,3)4;/h8-17,19-25H,1-7H3;5-8,10-11H,1-4H3;/q2*-1;. The second-order valence-corrected chi connectivity index (χ2v) is 23.9. The van der Waals surface area contributed by atoms with Gasteiger partial charge >= 0.3 is 0 Å². The predicted octanol–water partition coefficient (Wildman–Crippen LogP) is 14.4. The Morgan fingerprint density at radius 2 is 1.37 bits per heavy atom. The Kier molecular flexibility index (Phi) is 12.7. The summed E-state index contributed by atoms with van der Waals surface area (Å²) in [7, 11) is -1.27. The molecule has 0 spiro atoms. The Morgan fingerprint density at radius 3 is 2.00 bits per heavy atom. The maximum Gasteiger partial charge on any atom is 0.168 e.